The highest BCUT2D eigenvalue weighted by atomic mass is 32.2. The average molecular weight is 243 g/mol. The largest absolute Gasteiger partial charge is 0.314 e. The molecule has 1 aliphatic rings. The first kappa shape index (κ1) is 14.4. The van der Waals surface area contributed by atoms with Crippen molar-refractivity contribution >= 4 is 11.8 Å². The van der Waals surface area contributed by atoms with Crippen LogP contribution in [0.3, 0.4) is 0 Å². The number of thioether (sulfide) groups is 1. The van der Waals surface area contributed by atoms with Crippen LogP contribution in [0.1, 0.15) is 58.3 Å². The van der Waals surface area contributed by atoms with Crippen LogP contribution in [0.25, 0.3) is 0 Å². The van der Waals surface area contributed by atoms with E-state index in [1.54, 1.807) is 0 Å². The van der Waals surface area contributed by atoms with Gasteiger partial charge in [-0.2, -0.15) is 11.8 Å². The van der Waals surface area contributed by atoms with Gasteiger partial charge in [-0.25, -0.2) is 0 Å². The Morgan fingerprint density at radius 3 is 2.50 bits per heavy atom. The van der Waals surface area contributed by atoms with Crippen LogP contribution >= 0.6 is 11.8 Å². The Kier molecular flexibility index (Phi) is 8.40. The molecule has 2 heteroatoms. The summed E-state index contributed by atoms with van der Waals surface area (Å²) >= 11 is 1.97. The van der Waals surface area contributed by atoms with Crippen LogP contribution in [0.2, 0.25) is 0 Å². The molecule has 96 valence electrons. The second-order valence-electron chi connectivity index (χ2n) is 5.19. The highest BCUT2D eigenvalue weighted by Crippen LogP contribution is 2.27. The molecule has 0 aliphatic heterocycles. The summed E-state index contributed by atoms with van der Waals surface area (Å²) in [6.45, 7) is 3.61. The van der Waals surface area contributed by atoms with E-state index in [-0.39, 0.29) is 0 Å². The molecule has 1 fully saturated rings. The quantitative estimate of drug-likeness (QED) is 0.612. The third kappa shape index (κ3) is 6.15. The Bertz CT molecular complexity index is 155. The van der Waals surface area contributed by atoms with Gasteiger partial charge < -0.3 is 5.32 Å². The van der Waals surface area contributed by atoms with Gasteiger partial charge in [0.25, 0.3) is 0 Å². The van der Waals surface area contributed by atoms with E-state index >= 15 is 0 Å². The second kappa shape index (κ2) is 9.35. The normalized spacial score (nSPS) is 19.1. The molecule has 1 nitrogen and oxygen atoms in total. The third-order valence-corrected chi connectivity index (χ3v) is 4.55. The molecule has 1 N–H and O–H groups in total. The van der Waals surface area contributed by atoms with E-state index in [0.29, 0.717) is 0 Å². The Labute approximate surface area is 106 Å². The van der Waals surface area contributed by atoms with Gasteiger partial charge in [-0.1, -0.05) is 25.7 Å². The number of nitrogens with one attached hydrogen (secondary N) is 1. The molecule has 0 aromatic carbocycles. The van der Waals surface area contributed by atoms with Gasteiger partial charge in [0.05, 0.1) is 0 Å². The van der Waals surface area contributed by atoms with Crippen LogP contribution in [-0.4, -0.2) is 24.6 Å². The van der Waals surface area contributed by atoms with Crippen LogP contribution in [0.5, 0.6) is 0 Å². The van der Waals surface area contributed by atoms with E-state index in [1.165, 1.54) is 63.7 Å². The Balaban J connectivity index is 1.86. The Hall–Kier alpha value is 0.310. The highest BCUT2D eigenvalue weighted by Gasteiger charge is 2.20. The molecule has 0 radical (unpaired) electrons. The van der Waals surface area contributed by atoms with Gasteiger partial charge >= 0.3 is 0 Å². The van der Waals surface area contributed by atoms with Crippen molar-refractivity contribution in [3.8, 4) is 0 Å². The molecule has 0 aromatic rings. The van der Waals surface area contributed by atoms with Crippen molar-refractivity contribution < 1.29 is 0 Å². The monoisotopic (exact) mass is 243 g/mol. The fourth-order valence-electron chi connectivity index (χ4n) is 2.68. The van der Waals surface area contributed by atoms with Crippen LogP contribution in [0, 0.1) is 5.92 Å². The topological polar surface area (TPSA) is 12.0 Å². The summed E-state index contributed by atoms with van der Waals surface area (Å²) in [6.07, 6.45) is 13.6. The minimum Gasteiger partial charge on any atom is -0.314 e. The standard InChI is InChI=1S/C14H29NS/c1-13(14-9-5-6-10-14)15-11-7-3-4-8-12-16-2/h13-15H,3-12H2,1-2H3. The molecule has 1 atom stereocenters. The number of rotatable bonds is 9. The zero-order valence-electron chi connectivity index (χ0n) is 11.1. The molecule has 0 spiro atoms. The van der Waals surface area contributed by atoms with Crippen molar-refractivity contribution in [3.63, 3.8) is 0 Å². The SMILES string of the molecule is CSCCCCCCNC(C)C1CCCC1. The fourth-order valence-corrected chi connectivity index (χ4v) is 3.17. The van der Waals surface area contributed by atoms with Gasteiger partial charge in [-0.15, -0.1) is 0 Å². The van der Waals surface area contributed by atoms with Crippen LogP contribution < -0.4 is 5.32 Å². The summed E-state index contributed by atoms with van der Waals surface area (Å²) < 4.78 is 0. The number of hydrogen-bond acceptors (Lipinski definition) is 2. The zero-order chi connectivity index (χ0) is 11.6. The molecule has 1 saturated carbocycles. The van der Waals surface area contributed by atoms with E-state index < -0.39 is 0 Å². The van der Waals surface area contributed by atoms with Gasteiger partial charge in [0, 0.05) is 6.04 Å². The van der Waals surface area contributed by atoms with Gasteiger partial charge in [0.15, 0.2) is 0 Å². The molecule has 16 heavy (non-hydrogen) atoms. The lowest BCUT2D eigenvalue weighted by molar-refractivity contribution is 0.378. The fraction of sp³-hybridized carbons (Fsp3) is 1.00. The van der Waals surface area contributed by atoms with Crippen molar-refractivity contribution in [2.45, 2.75) is 64.3 Å². The van der Waals surface area contributed by atoms with Crippen LogP contribution in [-0.2, 0) is 0 Å². The van der Waals surface area contributed by atoms with Crippen molar-refractivity contribution in [2.24, 2.45) is 5.92 Å². The first-order chi connectivity index (χ1) is 7.84. The minimum absolute atomic E-state index is 0.758. The third-order valence-electron chi connectivity index (χ3n) is 3.85. The summed E-state index contributed by atoms with van der Waals surface area (Å²) in [5.74, 6) is 2.31. The van der Waals surface area contributed by atoms with Crippen molar-refractivity contribution in [1.29, 1.82) is 0 Å². The summed E-state index contributed by atoms with van der Waals surface area (Å²) in [5.41, 5.74) is 0. The lowest BCUT2D eigenvalue weighted by Crippen LogP contribution is -2.32. The zero-order valence-corrected chi connectivity index (χ0v) is 12.0. The van der Waals surface area contributed by atoms with Gasteiger partial charge in [0.2, 0.25) is 0 Å². The summed E-state index contributed by atoms with van der Waals surface area (Å²) in [5, 5.41) is 3.71. The van der Waals surface area contributed by atoms with E-state index in [0.717, 1.165) is 12.0 Å². The average Bonchev–Trinajstić information content (AvgIpc) is 2.81. The lowest BCUT2D eigenvalue weighted by Gasteiger charge is -2.20. The molecule has 0 aromatic heterocycles. The Morgan fingerprint density at radius 1 is 1.12 bits per heavy atom. The van der Waals surface area contributed by atoms with Crippen LogP contribution in [0.4, 0.5) is 0 Å². The maximum Gasteiger partial charge on any atom is 0.00669 e. The molecule has 0 heterocycles. The number of unbranched alkanes of at least 4 members (excludes halogenated alkanes) is 3. The summed E-state index contributed by atoms with van der Waals surface area (Å²) in [7, 11) is 0. The smallest absolute Gasteiger partial charge is 0.00669 e. The summed E-state index contributed by atoms with van der Waals surface area (Å²) in [6, 6.07) is 0.758. The van der Waals surface area contributed by atoms with E-state index in [1.807, 2.05) is 11.8 Å². The van der Waals surface area contributed by atoms with Crippen molar-refractivity contribution in [3.05, 3.63) is 0 Å². The van der Waals surface area contributed by atoms with E-state index in [9.17, 15) is 0 Å². The van der Waals surface area contributed by atoms with E-state index in [2.05, 4.69) is 18.5 Å². The minimum atomic E-state index is 0.758. The molecular formula is C14H29NS. The first-order valence-electron chi connectivity index (χ1n) is 7.07. The van der Waals surface area contributed by atoms with E-state index in [4.69, 9.17) is 0 Å². The van der Waals surface area contributed by atoms with Crippen molar-refractivity contribution in [1.82, 2.24) is 5.32 Å². The molecule has 1 unspecified atom stereocenters. The Morgan fingerprint density at radius 2 is 1.81 bits per heavy atom. The maximum atomic E-state index is 3.71. The highest BCUT2D eigenvalue weighted by molar-refractivity contribution is 7.98. The number of hydrogen-bond donors (Lipinski definition) is 1. The summed E-state index contributed by atoms with van der Waals surface area (Å²) in [4.78, 5) is 0. The predicted octanol–water partition coefficient (Wildman–Crippen LogP) is 4.08. The maximum absolute atomic E-state index is 3.71. The molecule has 1 rings (SSSR count). The molecule has 1 aliphatic carbocycles. The first-order valence-corrected chi connectivity index (χ1v) is 8.46. The second-order valence-corrected chi connectivity index (χ2v) is 6.18. The van der Waals surface area contributed by atoms with Gasteiger partial charge in [-0.05, 0) is 57.1 Å². The van der Waals surface area contributed by atoms with Crippen LogP contribution in [0.15, 0.2) is 0 Å². The lowest BCUT2D eigenvalue weighted by atomic mass is 10.00. The predicted molar refractivity (Wildman–Crippen MR) is 76.3 cm³/mol. The van der Waals surface area contributed by atoms with Gasteiger partial charge in [-0.3, -0.25) is 0 Å². The van der Waals surface area contributed by atoms with Gasteiger partial charge in [0.1, 0.15) is 0 Å². The van der Waals surface area contributed by atoms with Crippen molar-refractivity contribution in [2.75, 3.05) is 18.6 Å². The molecule has 0 saturated heterocycles. The molecule has 0 amide bonds. The molecule has 0 bridgehead atoms. The molecular weight excluding hydrogens is 214 g/mol.